The average Bonchev–Trinajstić information content (AvgIpc) is 2.60. The van der Waals surface area contributed by atoms with Crippen molar-refractivity contribution in [1.29, 1.82) is 0 Å². The van der Waals surface area contributed by atoms with Crippen LogP contribution in [0.1, 0.15) is 31.2 Å². The van der Waals surface area contributed by atoms with Gasteiger partial charge in [0.05, 0.1) is 6.42 Å². The minimum absolute atomic E-state index is 0.153. The standard InChI is InChI=1S/C16H21NO3/c1-17-13-7-8-16(17,19)11-14(10-13)20-15(18)9-12-5-3-2-4-6-12/h2-6,13-14,19H,7-11H2,1H3/t13-,14+,16-/m1/s1. The van der Waals surface area contributed by atoms with Gasteiger partial charge in [-0.2, -0.15) is 0 Å². The Labute approximate surface area is 119 Å². The van der Waals surface area contributed by atoms with E-state index in [1.165, 1.54) is 0 Å². The molecule has 2 aliphatic heterocycles. The first-order valence-electron chi connectivity index (χ1n) is 7.25. The van der Waals surface area contributed by atoms with Crippen LogP contribution in [-0.4, -0.2) is 40.9 Å². The van der Waals surface area contributed by atoms with Gasteiger partial charge in [0, 0.05) is 18.9 Å². The lowest BCUT2D eigenvalue weighted by Crippen LogP contribution is -2.52. The van der Waals surface area contributed by atoms with Gasteiger partial charge in [-0.25, -0.2) is 0 Å². The van der Waals surface area contributed by atoms with Crippen molar-refractivity contribution in [3.05, 3.63) is 35.9 Å². The fourth-order valence-corrected chi connectivity index (χ4v) is 3.46. The average molecular weight is 275 g/mol. The number of benzene rings is 1. The smallest absolute Gasteiger partial charge is 0.310 e. The molecule has 1 aromatic rings. The zero-order chi connectivity index (χ0) is 14.2. The number of fused-ring (bicyclic) bond motifs is 2. The molecule has 3 rings (SSSR count). The number of esters is 1. The quantitative estimate of drug-likeness (QED) is 0.853. The molecule has 0 saturated carbocycles. The van der Waals surface area contributed by atoms with Crippen molar-refractivity contribution in [2.24, 2.45) is 0 Å². The Balaban J connectivity index is 1.58. The molecular formula is C16H21NO3. The molecule has 108 valence electrons. The first-order chi connectivity index (χ1) is 9.57. The molecule has 2 heterocycles. The Bertz CT molecular complexity index is 490. The number of aliphatic hydroxyl groups is 1. The molecule has 1 aromatic carbocycles. The lowest BCUT2D eigenvalue weighted by atomic mass is 9.97. The maximum atomic E-state index is 12.0. The van der Waals surface area contributed by atoms with Gasteiger partial charge in [0.2, 0.25) is 0 Å². The van der Waals surface area contributed by atoms with Crippen molar-refractivity contribution >= 4 is 5.97 Å². The number of hydrogen-bond donors (Lipinski definition) is 1. The molecular weight excluding hydrogens is 254 g/mol. The molecule has 0 unspecified atom stereocenters. The van der Waals surface area contributed by atoms with Crippen LogP contribution in [-0.2, 0) is 16.0 Å². The summed E-state index contributed by atoms with van der Waals surface area (Å²) in [4.78, 5) is 14.0. The number of hydrogen-bond acceptors (Lipinski definition) is 4. The van der Waals surface area contributed by atoms with Gasteiger partial charge in [-0.3, -0.25) is 9.69 Å². The molecule has 1 N–H and O–H groups in total. The van der Waals surface area contributed by atoms with E-state index < -0.39 is 5.72 Å². The zero-order valence-corrected chi connectivity index (χ0v) is 11.8. The molecule has 0 aromatic heterocycles. The summed E-state index contributed by atoms with van der Waals surface area (Å²) in [7, 11) is 1.96. The first kappa shape index (κ1) is 13.6. The normalized spacial score (nSPS) is 33.1. The lowest BCUT2D eigenvalue weighted by molar-refractivity contribution is -0.169. The molecule has 2 bridgehead atoms. The number of ether oxygens (including phenoxy) is 1. The molecule has 0 aliphatic carbocycles. The minimum Gasteiger partial charge on any atom is -0.462 e. The topological polar surface area (TPSA) is 49.8 Å². The van der Waals surface area contributed by atoms with E-state index in [0.29, 0.717) is 18.9 Å². The van der Waals surface area contributed by atoms with E-state index in [1.807, 2.05) is 42.3 Å². The summed E-state index contributed by atoms with van der Waals surface area (Å²) in [5, 5.41) is 10.5. The number of piperidine rings is 1. The Morgan fingerprint density at radius 1 is 1.45 bits per heavy atom. The van der Waals surface area contributed by atoms with Crippen molar-refractivity contribution < 1.29 is 14.6 Å². The Morgan fingerprint density at radius 2 is 2.20 bits per heavy atom. The van der Waals surface area contributed by atoms with E-state index in [0.717, 1.165) is 24.8 Å². The van der Waals surface area contributed by atoms with E-state index in [4.69, 9.17) is 4.74 Å². The third-order valence-electron chi connectivity index (χ3n) is 4.66. The van der Waals surface area contributed by atoms with Gasteiger partial charge < -0.3 is 9.84 Å². The number of carbonyl (C=O) groups is 1. The fraction of sp³-hybridized carbons (Fsp3) is 0.562. The highest BCUT2D eigenvalue weighted by Gasteiger charge is 2.49. The highest BCUT2D eigenvalue weighted by molar-refractivity contribution is 5.72. The molecule has 0 spiro atoms. The number of carbonyl (C=O) groups excluding carboxylic acids is 1. The molecule has 4 heteroatoms. The van der Waals surface area contributed by atoms with Crippen LogP contribution < -0.4 is 0 Å². The van der Waals surface area contributed by atoms with Crippen LogP contribution in [0.4, 0.5) is 0 Å². The monoisotopic (exact) mass is 275 g/mol. The van der Waals surface area contributed by atoms with Gasteiger partial charge in [0.25, 0.3) is 0 Å². The second kappa shape index (κ2) is 5.19. The number of nitrogens with zero attached hydrogens (tertiary/aromatic N) is 1. The summed E-state index contributed by atoms with van der Waals surface area (Å²) >= 11 is 0. The first-order valence-corrected chi connectivity index (χ1v) is 7.25. The summed E-state index contributed by atoms with van der Waals surface area (Å²) in [6.07, 6.45) is 3.27. The molecule has 2 fully saturated rings. The summed E-state index contributed by atoms with van der Waals surface area (Å²) in [5.41, 5.74) is 0.188. The molecule has 20 heavy (non-hydrogen) atoms. The van der Waals surface area contributed by atoms with Crippen molar-refractivity contribution in [3.8, 4) is 0 Å². The second-order valence-corrected chi connectivity index (χ2v) is 6.00. The summed E-state index contributed by atoms with van der Waals surface area (Å²) < 4.78 is 5.56. The molecule has 0 radical (unpaired) electrons. The Kier molecular flexibility index (Phi) is 3.52. The summed E-state index contributed by atoms with van der Waals surface area (Å²) in [6, 6.07) is 9.95. The van der Waals surface area contributed by atoms with Gasteiger partial charge in [-0.15, -0.1) is 0 Å². The van der Waals surface area contributed by atoms with E-state index in [-0.39, 0.29) is 12.1 Å². The van der Waals surface area contributed by atoms with Crippen molar-refractivity contribution in [1.82, 2.24) is 4.90 Å². The van der Waals surface area contributed by atoms with Crippen LogP contribution in [0.5, 0.6) is 0 Å². The zero-order valence-electron chi connectivity index (χ0n) is 11.8. The molecule has 4 nitrogen and oxygen atoms in total. The van der Waals surface area contributed by atoms with Crippen LogP contribution in [0, 0.1) is 0 Å². The maximum absolute atomic E-state index is 12.0. The van der Waals surface area contributed by atoms with Gasteiger partial charge >= 0.3 is 5.97 Å². The third kappa shape index (κ3) is 2.58. The fourth-order valence-electron chi connectivity index (χ4n) is 3.46. The molecule has 2 aliphatic rings. The Morgan fingerprint density at radius 3 is 2.90 bits per heavy atom. The van der Waals surface area contributed by atoms with Crippen LogP contribution >= 0.6 is 0 Å². The van der Waals surface area contributed by atoms with E-state index >= 15 is 0 Å². The van der Waals surface area contributed by atoms with Crippen molar-refractivity contribution in [3.63, 3.8) is 0 Å². The van der Waals surface area contributed by atoms with Crippen LogP contribution in [0.15, 0.2) is 30.3 Å². The van der Waals surface area contributed by atoms with Crippen molar-refractivity contribution in [2.45, 2.75) is 50.0 Å². The number of rotatable bonds is 3. The van der Waals surface area contributed by atoms with Gasteiger partial charge in [0.15, 0.2) is 0 Å². The predicted octanol–water partition coefficient (Wildman–Crippen LogP) is 1.72. The highest BCUT2D eigenvalue weighted by Crippen LogP contribution is 2.42. The maximum Gasteiger partial charge on any atom is 0.310 e. The third-order valence-corrected chi connectivity index (χ3v) is 4.66. The Hall–Kier alpha value is -1.39. The molecule has 0 amide bonds. The summed E-state index contributed by atoms with van der Waals surface area (Å²) in [5.74, 6) is -0.200. The molecule has 2 saturated heterocycles. The summed E-state index contributed by atoms with van der Waals surface area (Å²) in [6.45, 7) is 0. The SMILES string of the molecule is CN1[C@@H]2CC[C@@]1(O)C[C@@H](OC(=O)Cc1ccccc1)C2. The van der Waals surface area contributed by atoms with E-state index in [9.17, 15) is 9.90 Å². The lowest BCUT2D eigenvalue weighted by Gasteiger charge is -2.41. The predicted molar refractivity (Wildman–Crippen MR) is 75.0 cm³/mol. The molecule has 3 atom stereocenters. The van der Waals surface area contributed by atoms with Crippen LogP contribution in [0.3, 0.4) is 0 Å². The van der Waals surface area contributed by atoms with E-state index in [1.54, 1.807) is 0 Å². The largest absolute Gasteiger partial charge is 0.462 e. The van der Waals surface area contributed by atoms with Gasteiger partial charge in [-0.05, 0) is 25.5 Å². The van der Waals surface area contributed by atoms with Crippen LogP contribution in [0.25, 0.3) is 0 Å². The van der Waals surface area contributed by atoms with E-state index in [2.05, 4.69) is 0 Å². The van der Waals surface area contributed by atoms with Gasteiger partial charge in [0.1, 0.15) is 11.8 Å². The second-order valence-electron chi connectivity index (χ2n) is 6.00. The van der Waals surface area contributed by atoms with Crippen molar-refractivity contribution in [2.75, 3.05) is 7.05 Å². The minimum atomic E-state index is -0.777. The van der Waals surface area contributed by atoms with Crippen LogP contribution in [0.2, 0.25) is 0 Å². The highest BCUT2D eigenvalue weighted by atomic mass is 16.5. The van der Waals surface area contributed by atoms with Gasteiger partial charge in [-0.1, -0.05) is 30.3 Å².